The summed E-state index contributed by atoms with van der Waals surface area (Å²) >= 11 is 0. The van der Waals surface area contributed by atoms with Gasteiger partial charge in [0.25, 0.3) is 0 Å². The van der Waals surface area contributed by atoms with Crippen LogP contribution < -0.4 is 5.32 Å². The lowest BCUT2D eigenvalue weighted by Gasteiger charge is -2.30. The van der Waals surface area contributed by atoms with Gasteiger partial charge >= 0.3 is 0 Å². The summed E-state index contributed by atoms with van der Waals surface area (Å²) in [7, 11) is 4.55. The number of rotatable bonds is 7. The topological polar surface area (TPSA) is 18.5 Å². The lowest BCUT2D eigenvalue weighted by atomic mass is 10.1. The molecule has 0 aromatic heterocycles. The SMILES string of the molecule is CC(CCCNC(C)(C)C)N(C)CC1CCCN1C. The van der Waals surface area contributed by atoms with Crippen LogP contribution in [0.15, 0.2) is 0 Å². The van der Waals surface area contributed by atoms with E-state index in [0.717, 1.165) is 12.6 Å². The third-order valence-corrected chi connectivity index (χ3v) is 4.38. The average molecular weight is 269 g/mol. The lowest BCUT2D eigenvalue weighted by molar-refractivity contribution is 0.176. The van der Waals surface area contributed by atoms with Crippen LogP contribution in [0.25, 0.3) is 0 Å². The molecule has 0 bridgehead atoms. The molecule has 1 aliphatic heterocycles. The number of hydrogen-bond donors (Lipinski definition) is 1. The first-order valence-electron chi connectivity index (χ1n) is 7.95. The van der Waals surface area contributed by atoms with E-state index in [9.17, 15) is 0 Å². The largest absolute Gasteiger partial charge is 0.312 e. The van der Waals surface area contributed by atoms with Gasteiger partial charge in [-0.2, -0.15) is 0 Å². The Kier molecular flexibility index (Phi) is 6.78. The molecule has 1 rings (SSSR count). The quantitative estimate of drug-likeness (QED) is 0.717. The van der Waals surface area contributed by atoms with Gasteiger partial charge in [-0.1, -0.05) is 0 Å². The number of nitrogens with one attached hydrogen (secondary N) is 1. The fraction of sp³-hybridized carbons (Fsp3) is 1.00. The van der Waals surface area contributed by atoms with Crippen molar-refractivity contribution in [3.63, 3.8) is 0 Å². The molecule has 0 amide bonds. The van der Waals surface area contributed by atoms with Crippen LogP contribution in [0.1, 0.15) is 53.4 Å². The molecule has 19 heavy (non-hydrogen) atoms. The first-order valence-corrected chi connectivity index (χ1v) is 7.95. The molecule has 2 atom stereocenters. The second-order valence-corrected chi connectivity index (χ2v) is 7.38. The van der Waals surface area contributed by atoms with Gasteiger partial charge in [-0.25, -0.2) is 0 Å². The van der Waals surface area contributed by atoms with E-state index in [1.54, 1.807) is 0 Å². The van der Waals surface area contributed by atoms with Crippen LogP contribution in [0.2, 0.25) is 0 Å². The lowest BCUT2D eigenvalue weighted by Crippen LogP contribution is -2.41. The summed E-state index contributed by atoms with van der Waals surface area (Å²) in [5.41, 5.74) is 0.252. The van der Waals surface area contributed by atoms with Crippen molar-refractivity contribution >= 4 is 0 Å². The van der Waals surface area contributed by atoms with Crippen LogP contribution >= 0.6 is 0 Å². The zero-order valence-corrected chi connectivity index (χ0v) is 14.0. The first-order chi connectivity index (χ1) is 8.79. The number of likely N-dealkylation sites (N-methyl/N-ethyl adjacent to an activating group) is 2. The Hall–Kier alpha value is -0.120. The van der Waals surface area contributed by atoms with Crippen LogP contribution in [0, 0.1) is 0 Å². The molecular formula is C16H35N3. The highest BCUT2D eigenvalue weighted by Crippen LogP contribution is 2.17. The van der Waals surface area contributed by atoms with Crippen LogP contribution in [-0.2, 0) is 0 Å². The predicted octanol–water partition coefficient (Wildman–Crippen LogP) is 2.57. The molecule has 114 valence electrons. The second kappa shape index (κ2) is 7.61. The van der Waals surface area contributed by atoms with E-state index >= 15 is 0 Å². The second-order valence-electron chi connectivity index (χ2n) is 7.38. The summed E-state index contributed by atoms with van der Waals surface area (Å²) in [6.07, 6.45) is 5.30. The monoisotopic (exact) mass is 269 g/mol. The summed E-state index contributed by atoms with van der Waals surface area (Å²) < 4.78 is 0. The number of nitrogens with zero attached hydrogens (tertiary/aromatic N) is 2. The van der Waals surface area contributed by atoms with Crippen LogP contribution in [0.3, 0.4) is 0 Å². The van der Waals surface area contributed by atoms with Crippen molar-refractivity contribution in [1.29, 1.82) is 0 Å². The molecule has 0 spiro atoms. The maximum Gasteiger partial charge on any atom is 0.0220 e. The van der Waals surface area contributed by atoms with Crippen molar-refractivity contribution in [2.75, 3.05) is 33.7 Å². The van der Waals surface area contributed by atoms with E-state index in [0.29, 0.717) is 6.04 Å². The highest BCUT2D eigenvalue weighted by Gasteiger charge is 2.23. The van der Waals surface area contributed by atoms with Crippen molar-refractivity contribution in [3.05, 3.63) is 0 Å². The Balaban J connectivity index is 2.16. The maximum atomic E-state index is 3.57. The molecule has 0 aromatic rings. The smallest absolute Gasteiger partial charge is 0.0220 e. The molecule has 0 radical (unpaired) electrons. The molecule has 1 aliphatic rings. The van der Waals surface area contributed by atoms with Crippen molar-refractivity contribution in [3.8, 4) is 0 Å². The minimum Gasteiger partial charge on any atom is -0.312 e. The van der Waals surface area contributed by atoms with Crippen molar-refractivity contribution in [1.82, 2.24) is 15.1 Å². The highest BCUT2D eigenvalue weighted by atomic mass is 15.2. The molecule has 0 aliphatic carbocycles. The predicted molar refractivity (Wildman–Crippen MR) is 84.7 cm³/mol. The molecule has 0 aromatic carbocycles. The van der Waals surface area contributed by atoms with Crippen molar-refractivity contribution < 1.29 is 0 Å². The minimum atomic E-state index is 0.252. The fourth-order valence-electron chi connectivity index (χ4n) is 2.80. The van der Waals surface area contributed by atoms with Gasteiger partial charge in [-0.05, 0) is 80.6 Å². The van der Waals surface area contributed by atoms with Crippen LogP contribution in [0.5, 0.6) is 0 Å². The Morgan fingerprint density at radius 3 is 2.58 bits per heavy atom. The summed E-state index contributed by atoms with van der Waals surface area (Å²) in [6, 6.07) is 1.47. The summed E-state index contributed by atoms with van der Waals surface area (Å²) in [4.78, 5) is 5.06. The zero-order chi connectivity index (χ0) is 14.5. The Morgan fingerprint density at radius 2 is 2.05 bits per heavy atom. The van der Waals surface area contributed by atoms with Gasteiger partial charge in [-0.3, -0.25) is 0 Å². The van der Waals surface area contributed by atoms with Gasteiger partial charge in [0.1, 0.15) is 0 Å². The van der Waals surface area contributed by atoms with E-state index in [-0.39, 0.29) is 5.54 Å². The molecule has 1 N–H and O–H groups in total. The van der Waals surface area contributed by atoms with E-state index in [1.165, 1.54) is 38.8 Å². The zero-order valence-electron chi connectivity index (χ0n) is 14.0. The maximum absolute atomic E-state index is 3.57. The van der Waals surface area contributed by atoms with E-state index in [1.807, 2.05) is 0 Å². The standard InChI is InChI=1S/C16H35N3/c1-14(9-7-11-17-16(2,3)4)19(6)13-15-10-8-12-18(15)5/h14-15,17H,7-13H2,1-6H3. The molecule has 3 nitrogen and oxygen atoms in total. The third kappa shape index (κ3) is 6.73. The Labute approximate surface area is 120 Å². The molecule has 1 heterocycles. The molecule has 3 heteroatoms. The fourth-order valence-corrected chi connectivity index (χ4v) is 2.80. The third-order valence-electron chi connectivity index (χ3n) is 4.38. The van der Waals surface area contributed by atoms with Gasteiger partial charge in [0.15, 0.2) is 0 Å². The Bertz CT molecular complexity index is 247. The molecule has 2 unspecified atom stereocenters. The summed E-state index contributed by atoms with van der Waals surface area (Å²) in [5.74, 6) is 0. The first kappa shape index (κ1) is 16.9. The van der Waals surface area contributed by atoms with E-state index < -0.39 is 0 Å². The molecule has 1 saturated heterocycles. The van der Waals surface area contributed by atoms with Gasteiger partial charge in [0.05, 0.1) is 0 Å². The molecule has 1 fully saturated rings. The molecular weight excluding hydrogens is 234 g/mol. The summed E-state index contributed by atoms with van der Waals surface area (Å²) in [5, 5.41) is 3.57. The summed E-state index contributed by atoms with van der Waals surface area (Å²) in [6.45, 7) is 12.7. The van der Waals surface area contributed by atoms with Gasteiger partial charge < -0.3 is 15.1 Å². The normalized spacial score (nSPS) is 23.2. The van der Waals surface area contributed by atoms with E-state index in [2.05, 4.69) is 56.9 Å². The highest BCUT2D eigenvalue weighted by molar-refractivity contribution is 4.80. The Morgan fingerprint density at radius 1 is 1.37 bits per heavy atom. The number of hydrogen-bond acceptors (Lipinski definition) is 3. The van der Waals surface area contributed by atoms with E-state index in [4.69, 9.17) is 0 Å². The average Bonchev–Trinajstić information content (AvgIpc) is 2.69. The van der Waals surface area contributed by atoms with Crippen molar-refractivity contribution in [2.24, 2.45) is 0 Å². The number of likely N-dealkylation sites (tertiary alicyclic amines) is 1. The van der Waals surface area contributed by atoms with Gasteiger partial charge in [-0.15, -0.1) is 0 Å². The van der Waals surface area contributed by atoms with Crippen LogP contribution in [-0.4, -0.2) is 61.2 Å². The van der Waals surface area contributed by atoms with Gasteiger partial charge in [0.2, 0.25) is 0 Å². The molecule has 0 saturated carbocycles. The minimum absolute atomic E-state index is 0.252. The van der Waals surface area contributed by atoms with Crippen molar-refractivity contribution in [2.45, 2.75) is 71.0 Å². The van der Waals surface area contributed by atoms with Crippen LogP contribution in [0.4, 0.5) is 0 Å². The van der Waals surface area contributed by atoms with Gasteiger partial charge in [0, 0.05) is 24.2 Å².